The summed E-state index contributed by atoms with van der Waals surface area (Å²) >= 11 is 1.35. The van der Waals surface area contributed by atoms with E-state index in [0.717, 1.165) is 23.4 Å². The van der Waals surface area contributed by atoms with Crippen molar-refractivity contribution in [3.8, 4) is 0 Å². The predicted molar refractivity (Wildman–Crippen MR) is 75.3 cm³/mol. The summed E-state index contributed by atoms with van der Waals surface area (Å²) < 4.78 is 0. The molecule has 0 aliphatic heterocycles. The standard InChI is InChI=1S/C13H19N3O2S/c1-9-7-14-13(18)16-12(9)19-8-11(17)15-10-5-3-2-4-6-10/h7,10H,2-6,8H2,1H3,(H,15,17)(H,14,16,18). The average Bonchev–Trinajstić information content (AvgIpc) is 2.41. The highest BCUT2D eigenvalue weighted by atomic mass is 32.2. The number of H-pyrrole nitrogens is 1. The second kappa shape index (κ2) is 6.75. The first-order valence-corrected chi connectivity index (χ1v) is 7.62. The smallest absolute Gasteiger partial charge is 0.345 e. The van der Waals surface area contributed by atoms with Crippen LogP contribution in [0.3, 0.4) is 0 Å². The SMILES string of the molecule is Cc1cnc(=O)[nH]c1SCC(=O)NC1CCCCC1. The number of aromatic nitrogens is 2. The van der Waals surface area contributed by atoms with E-state index < -0.39 is 0 Å². The van der Waals surface area contributed by atoms with Crippen LogP contribution in [0.15, 0.2) is 16.0 Å². The Hall–Kier alpha value is -1.30. The molecule has 1 aliphatic carbocycles. The van der Waals surface area contributed by atoms with Gasteiger partial charge in [0, 0.05) is 12.2 Å². The Kier molecular flexibility index (Phi) is 5.01. The maximum absolute atomic E-state index is 11.8. The number of nitrogens with zero attached hydrogens (tertiary/aromatic N) is 1. The highest BCUT2D eigenvalue weighted by Gasteiger charge is 2.15. The first-order chi connectivity index (χ1) is 9.15. The van der Waals surface area contributed by atoms with Gasteiger partial charge < -0.3 is 10.3 Å². The largest absolute Gasteiger partial charge is 0.353 e. The molecule has 1 aliphatic rings. The Labute approximate surface area is 116 Å². The molecule has 6 heteroatoms. The molecule has 1 aromatic heterocycles. The van der Waals surface area contributed by atoms with Crippen molar-refractivity contribution in [1.29, 1.82) is 0 Å². The van der Waals surface area contributed by atoms with Crippen LogP contribution in [0.2, 0.25) is 0 Å². The van der Waals surface area contributed by atoms with E-state index >= 15 is 0 Å². The van der Waals surface area contributed by atoms with Crippen molar-refractivity contribution in [1.82, 2.24) is 15.3 Å². The number of carbonyl (C=O) groups excluding carboxylic acids is 1. The van der Waals surface area contributed by atoms with Gasteiger partial charge in [-0.1, -0.05) is 31.0 Å². The van der Waals surface area contributed by atoms with Crippen LogP contribution in [0.5, 0.6) is 0 Å². The predicted octanol–water partition coefficient (Wildman–Crippen LogP) is 1.62. The number of amides is 1. The highest BCUT2D eigenvalue weighted by Crippen LogP contribution is 2.19. The van der Waals surface area contributed by atoms with Crippen molar-refractivity contribution in [2.45, 2.75) is 50.1 Å². The molecule has 0 spiro atoms. The molecule has 2 N–H and O–H groups in total. The minimum atomic E-state index is -0.374. The molecule has 2 rings (SSSR count). The van der Waals surface area contributed by atoms with Gasteiger partial charge in [0.25, 0.3) is 0 Å². The molecule has 19 heavy (non-hydrogen) atoms. The van der Waals surface area contributed by atoms with Gasteiger partial charge in [0.05, 0.1) is 10.8 Å². The fourth-order valence-electron chi connectivity index (χ4n) is 2.25. The number of hydrogen-bond acceptors (Lipinski definition) is 4. The van der Waals surface area contributed by atoms with Gasteiger partial charge in [-0.2, -0.15) is 0 Å². The molecule has 1 amide bonds. The Bertz CT molecular complexity index is 495. The van der Waals surface area contributed by atoms with E-state index in [0.29, 0.717) is 11.8 Å². The number of thioether (sulfide) groups is 1. The molecule has 5 nitrogen and oxygen atoms in total. The molecular weight excluding hydrogens is 262 g/mol. The average molecular weight is 281 g/mol. The van der Waals surface area contributed by atoms with Crippen LogP contribution in [0.4, 0.5) is 0 Å². The lowest BCUT2D eigenvalue weighted by molar-refractivity contribution is -0.119. The summed E-state index contributed by atoms with van der Waals surface area (Å²) in [6, 6.07) is 0.333. The van der Waals surface area contributed by atoms with E-state index in [9.17, 15) is 9.59 Å². The van der Waals surface area contributed by atoms with Gasteiger partial charge in [0.2, 0.25) is 5.91 Å². The zero-order valence-electron chi connectivity index (χ0n) is 11.1. The number of aromatic amines is 1. The van der Waals surface area contributed by atoms with Gasteiger partial charge in [0.15, 0.2) is 0 Å². The molecule has 1 aromatic rings. The Balaban J connectivity index is 1.82. The van der Waals surface area contributed by atoms with Gasteiger partial charge >= 0.3 is 5.69 Å². The van der Waals surface area contributed by atoms with Crippen LogP contribution < -0.4 is 11.0 Å². The van der Waals surface area contributed by atoms with Crippen molar-refractivity contribution in [2.24, 2.45) is 0 Å². The maximum atomic E-state index is 11.8. The second-order valence-corrected chi connectivity index (χ2v) is 5.88. The van der Waals surface area contributed by atoms with Crippen LogP contribution in [0.25, 0.3) is 0 Å². The lowest BCUT2D eigenvalue weighted by Gasteiger charge is -2.22. The Morgan fingerprint density at radius 2 is 2.21 bits per heavy atom. The monoisotopic (exact) mass is 281 g/mol. The van der Waals surface area contributed by atoms with E-state index in [4.69, 9.17) is 0 Å². The summed E-state index contributed by atoms with van der Waals surface area (Å²) in [5.74, 6) is 0.367. The topological polar surface area (TPSA) is 74.8 Å². The van der Waals surface area contributed by atoms with Crippen LogP contribution in [-0.4, -0.2) is 27.7 Å². The van der Waals surface area contributed by atoms with Gasteiger partial charge in [-0.05, 0) is 25.3 Å². The summed E-state index contributed by atoms with van der Waals surface area (Å²) in [4.78, 5) is 29.3. The lowest BCUT2D eigenvalue weighted by atomic mass is 9.95. The summed E-state index contributed by atoms with van der Waals surface area (Å²) in [5, 5.41) is 3.78. The van der Waals surface area contributed by atoms with Gasteiger partial charge in [-0.3, -0.25) is 4.79 Å². The molecule has 1 heterocycles. The van der Waals surface area contributed by atoms with Crippen LogP contribution in [0, 0.1) is 6.92 Å². The fourth-order valence-corrected chi connectivity index (χ4v) is 3.04. The van der Waals surface area contributed by atoms with E-state index in [1.807, 2.05) is 6.92 Å². The summed E-state index contributed by atoms with van der Waals surface area (Å²) in [5.41, 5.74) is 0.510. The molecule has 104 valence electrons. The molecule has 1 saturated carbocycles. The lowest BCUT2D eigenvalue weighted by Crippen LogP contribution is -2.37. The number of carbonyl (C=O) groups is 1. The van der Waals surface area contributed by atoms with Gasteiger partial charge in [0.1, 0.15) is 0 Å². The zero-order valence-corrected chi connectivity index (χ0v) is 11.9. The van der Waals surface area contributed by atoms with Crippen molar-refractivity contribution in [2.75, 3.05) is 5.75 Å². The fraction of sp³-hybridized carbons (Fsp3) is 0.615. The summed E-state index contributed by atoms with van der Waals surface area (Å²) in [6.45, 7) is 1.87. The first kappa shape index (κ1) is 14.1. The molecule has 1 fully saturated rings. The third kappa shape index (κ3) is 4.38. The first-order valence-electron chi connectivity index (χ1n) is 6.63. The molecule has 0 atom stereocenters. The molecule has 0 aromatic carbocycles. The number of nitrogens with one attached hydrogen (secondary N) is 2. The minimum absolute atomic E-state index is 0.0361. The number of aryl methyl sites for hydroxylation is 1. The summed E-state index contributed by atoms with van der Waals surface area (Å²) in [7, 11) is 0. The second-order valence-electron chi connectivity index (χ2n) is 4.89. The van der Waals surface area contributed by atoms with E-state index in [2.05, 4.69) is 15.3 Å². The van der Waals surface area contributed by atoms with E-state index in [1.54, 1.807) is 0 Å². The van der Waals surface area contributed by atoms with E-state index in [1.165, 1.54) is 37.2 Å². The molecule has 0 saturated heterocycles. The number of hydrogen-bond donors (Lipinski definition) is 2. The van der Waals surface area contributed by atoms with Gasteiger partial charge in [-0.25, -0.2) is 9.78 Å². The van der Waals surface area contributed by atoms with Crippen molar-refractivity contribution in [3.05, 3.63) is 22.2 Å². The van der Waals surface area contributed by atoms with Crippen LogP contribution in [0.1, 0.15) is 37.7 Å². The number of rotatable bonds is 4. The van der Waals surface area contributed by atoms with Crippen LogP contribution in [-0.2, 0) is 4.79 Å². The highest BCUT2D eigenvalue weighted by molar-refractivity contribution is 7.99. The van der Waals surface area contributed by atoms with Crippen molar-refractivity contribution >= 4 is 17.7 Å². The zero-order chi connectivity index (χ0) is 13.7. The third-order valence-electron chi connectivity index (χ3n) is 3.27. The molecule has 0 radical (unpaired) electrons. The molecule has 0 unspecified atom stereocenters. The minimum Gasteiger partial charge on any atom is -0.353 e. The maximum Gasteiger partial charge on any atom is 0.345 e. The summed E-state index contributed by atoms with van der Waals surface area (Å²) in [6.07, 6.45) is 7.38. The molecular formula is C13H19N3O2S. The Morgan fingerprint density at radius 3 is 2.95 bits per heavy atom. The normalized spacial score (nSPS) is 16.3. The van der Waals surface area contributed by atoms with Crippen molar-refractivity contribution in [3.63, 3.8) is 0 Å². The van der Waals surface area contributed by atoms with Crippen molar-refractivity contribution < 1.29 is 4.79 Å². The van der Waals surface area contributed by atoms with E-state index in [-0.39, 0.29) is 11.6 Å². The quantitative estimate of drug-likeness (QED) is 0.649. The third-order valence-corrected chi connectivity index (χ3v) is 4.39. The van der Waals surface area contributed by atoms with Gasteiger partial charge in [-0.15, -0.1) is 0 Å². The van der Waals surface area contributed by atoms with Crippen LogP contribution >= 0.6 is 11.8 Å². The Morgan fingerprint density at radius 1 is 1.47 bits per heavy atom. The molecule has 0 bridgehead atoms.